The summed E-state index contributed by atoms with van der Waals surface area (Å²) in [5.41, 5.74) is 0.546. The van der Waals surface area contributed by atoms with E-state index >= 15 is 0 Å². The Bertz CT molecular complexity index is 864. The first kappa shape index (κ1) is 23.3. The lowest BCUT2D eigenvalue weighted by Gasteiger charge is -2.13. The average molecular weight is 437 g/mol. The van der Waals surface area contributed by atoms with E-state index in [4.69, 9.17) is 18.9 Å². The van der Waals surface area contributed by atoms with Crippen LogP contribution in [0.15, 0.2) is 23.1 Å². The zero-order valence-electron chi connectivity index (χ0n) is 17.1. The molecular weight excluding hydrogens is 414 g/mol. The number of nitrogens with zero attached hydrogens (tertiary/aromatic N) is 1. The van der Waals surface area contributed by atoms with E-state index in [-0.39, 0.29) is 30.0 Å². The van der Waals surface area contributed by atoms with Gasteiger partial charge in [0.25, 0.3) is 11.1 Å². The molecule has 10 heteroatoms. The third kappa shape index (κ3) is 6.24. The fourth-order valence-corrected chi connectivity index (χ4v) is 3.29. The van der Waals surface area contributed by atoms with E-state index in [2.05, 4.69) is 0 Å². The van der Waals surface area contributed by atoms with Crippen LogP contribution in [0.4, 0.5) is 4.79 Å². The second kappa shape index (κ2) is 10.7. The van der Waals surface area contributed by atoms with Gasteiger partial charge in [0, 0.05) is 0 Å². The molecule has 1 heterocycles. The van der Waals surface area contributed by atoms with E-state index in [0.29, 0.717) is 11.3 Å². The van der Waals surface area contributed by atoms with Crippen LogP contribution in [-0.2, 0) is 23.9 Å². The van der Waals surface area contributed by atoms with Crippen molar-refractivity contribution in [1.29, 1.82) is 0 Å². The van der Waals surface area contributed by atoms with Crippen LogP contribution in [0, 0.1) is 0 Å². The van der Waals surface area contributed by atoms with Gasteiger partial charge in [-0.05, 0) is 56.3 Å². The zero-order valence-corrected chi connectivity index (χ0v) is 17.9. The highest BCUT2D eigenvalue weighted by molar-refractivity contribution is 8.18. The molecule has 1 aromatic carbocycles. The first-order chi connectivity index (χ1) is 14.2. The summed E-state index contributed by atoms with van der Waals surface area (Å²) in [4.78, 5) is 49.0. The predicted molar refractivity (Wildman–Crippen MR) is 109 cm³/mol. The SMILES string of the molecule is CCOC(=O)COc1cc(/C=C2\SC(=O)N(CC(=O)OC(C)C)C2=O)ccc1OC. The van der Waals surface area contributed by atoms with Crippen molar-refractivity contribution >= 4 is 40.9 Å². The number of thioether (sulfide) groups is 1. The van der Waals surface area contributed by atoms with Crippen molar-refractivity contribution in [3.63, 3.8) is 0 Å². The maximum absolute atomic E-state index is 12.5. The van der Waals surface area contributed by atoms with Crippen LogP contribution < -0.4 is 9.47 Å². The molecule has 1 saturated heterocycles. The van der Waals surface area contributed by atoms with Crippen molar-refractivity contribution in [1.82, 2.24) is 4.90 Å². The fourth-order valence-electron chi connectivity index (χ4n) is 2.45. The molecule has 0 aliphatic carbocycles. The number of amides is 2. The number of rotatable bonds is 9. The van der Waals surface area contributed by atoms with E-state index in [1.165, 1.54) is 13.2 Å². The molecule has 2 rings (SSSR count). The molecule has 0 N–H and O–H groups in total. The number of esters is 2. The van der Waals surface area contributed by atoms with Crippen molar-refractivity contribution in [2.24, 2.45) is 0 Å². The number of hydrogen-bond donors (Lipinski definition) is 0. The summed E-state index contributed by atoms with van der Waals surface area (Å²) in [5, 5.41) is -0.556. The van der Waals surface area contributed by atoms with Gasteiger partial charge in [-0.2, -0.15) is 0 Å². The third-order valence-corrected chi connectivity index (χ3v) is 4.57. The molecule has 0 unspecified atom stereocenters. The Morgan fingerprint density at radius 1 is 1.17 bits per heavy atom. The van der Waals surface area contributed by atoms with Crippen LogP contribution in [0.3, 0.4) is 0 Å². The molecule has 1 fully saturated rings. The molecule has 0 spiro atoms. The van der Waals surface area contributed by atoms with Crippen LogP contribution in [0.25, 0.3) is 6.08 Å². The highest BCUT2D eigenvalue weighted by Crippen LogP contribution is 2.34. The van der Waals surface area contributed by atoms with Crippen molar-refractivity contribution in [3.05, 3.63) is 28.7 Å². The van der Waals surface area contributed by atoms with Gasteiger partial charge in [0.05, 0.1) is 24.7 Å². The summed E-state index contributed by atoms with van der Waals surface area (Å²) in [6.07, 6.45) is 1.15. The second-order valence-electron chi connectivity index (χ2n) is 6.31. The van der Waals surface area contributed by atoms with E-state index < -0.39 is 29.6 Å². The van der Waals surface area contributed by atoms with Gasteiger partial charge in [-0.3, -0.25) is 19.3 Å². The number of methoxy groups -OCH3 is 1. The Hall–Kier alpha value is -3.01. The lowest BCUT2D eigenvalue weighted by Crippen LogP contribution is -2.35. The number of hydrogen-bond acceptors (Lipinski definition) is 9. The van der Waals surface area contributed by atoms with Gasteiger partial charge < -0.3 is 18.9 Å². The quantitative estimate of drug-likeness (QED) is 0.425. The summed E-state index contributed by atoms with van der Waals surface area (Å²) in [5.74, 6) is -1.11. The van der Waals surface area contributed by atoms with Crippen molar-refractivity contribution < 1.29 is 38.1 Å². The Morgan fingerprint density at radius 3 is 2.53 bits per heavy atom. The fraction of sp³-hybridized carbons (Fsp3) is 0.400. The van der Waals surface area contributed by atoms with Gasteiger partial charge in [0.15, 0.2) is 18.1 Å². The zero-order chi connectivity index (χ0) is 22.3. The van der Waals surface area contributed by atoms with Crippen molar-refractivity contribution in [2.75, 3.05) is 26.9 Å². The first-order valence-corrected chi connectivity index (χ1v) is 9.98. The Labute approximate surface area is 178 Å². The van der Waals surface area contributed by atoms with E-state index in [0.717, 1.165) is 16.7 Å². The minimum absolute atomic E-state index is 0.152. The molecule has 30 heavy (non-hydrogen) atoms. The molecule has 1 aromatic rings. The van der Waals surface area contributed by atoms with E-state index in [9.17, 15) is 19.2 Å². The van der Waals surface area contributed by atoms with Gasteiger partial charge in [-0.25, -0.2) is 4.79 Å². The molecular formula is C20H23NO8S. The molecule has 0 saturated carbocycles. The topological polar surface area (TPSA) is 108 Å². The highest BCUT2D eigenvalue weighted by atomic mass is 32.2. The summed E-state index contributed by atoms with van der Waals surface area (Å²) < 4.78 is 20.5. The number of carbonyl (C=O) groups is 4. The maximum atomic E-state index is 12.5. The maximum Gasteiger partial charge on any atom is 0.344 e. The van der Waals surface area contributed by atoms with Crippen LogP contribution in [0.5, 0.6) is 11.5 Å². The number of imide groups is 1. The van der Waals surface area contributed by atoms with Gasteiger partial charge in [0.2, 0.25) is 0 Å². The predicted octanol–water partition coefficient (Wildman–Crippen LogP) is 2.63. The Morgan fingerprint density at radius 2 is 1.90 bits per heavy atom. The highest BCUT2D eigenvalue weighted by Gasteiger charge is 2.36. The van der Waals surface area contributed by atoms with Crippen molar-refractivity contribution in [3.8, 4) is 11.5 Å². The number of ether oxygens (including phenoxy) is 4. The summed E-state index contributed by atoms with van der Waals surface area (Å²) in [7, 11) is 1.45. The Kier molecular flexibility index (Phi) is 8.28. The third-order valence-electron chi connectivity index (χ3n) is 3.66. The largest absolute Gasteiger partial charge is 0.493 e. The van der Waals surface area contributed by atoms with Gasteiger partial charge in [0.1, 0.15) is 6.54 Å². The summed E-state index contributed by atoms with van der Waals surface area (Å²) >= 11 is 0.723. The van der Waals surface area contributed by atoms with Crippen molar-refractivity contribution in [2.45, 2.75) is 26.9 Å². The van der Waals surface area contributed by atoms with Gasteiger partial charge in [-0.15, -0.1) is 0 Å². The molecule has 0 radical (unpaired) electrons. The first-order valence-electron chi connectivity index (χ1n) is 9.16. The molecule has 1 aliphatic rings. The van der Waals surface area contributed by atoms with Crippen LogP contribution in [-0.4, -0.2) is 61.0 Å². The minimum atomic E-state index is -0.660. The summed E-state index contributed by atoms with van der Waals surface area (Å²) in [6.45, 7) is 4.53. The Balaban J connectivity index is 2.16. The molecule has 9 nitrogen and oxygen atoms in total. The molecule has 0 bridgehead atoms. The molecule has 1 aliphatic heterocycles. The molecule has 0 atom stereocenters. The monoisotopic (exact) mass is 437 g/mol. The second-order valence-corrected chi connectivity index (χ2v) is 7.30. The van der Waals surface area contributed by atoms with E-state index in [1.807, 2.05) is 0 Å². The molecule has 162 valence electrons. The standard InChI is InChI=1S/C20H23NO8S/c1-5-27-18(23)11-28-15-8-13(6-7-14(15)26-4)9-16-19(24)21(20(25)30-16)10-17(22)29-12(2)3/h6-9,12H,5,10-11H2,1-4H3/b16-9-. The van der Waals surface area contributed by atoms with Gasteiger partial charge in [-0.1, -0.05) is 6.07 Å². The van der Waals surface area contributed by atoms with Crippen LogP contribution in [0.2, 0.25) is 0 Å². The average Bonchev–Trinajstić information content (AvgIpc) is 2.93. The van der Waals surface area contributed by atoms with Crippen LogP contribution >= 0.6 is 11.8 Å². The van der Waals surface area contributed by atoms with E-state index in [1.54, 1.807) is 39.0 Å². The summed E-state index contributed by atoms with van der Waals surface area (Å²) in [6, 6.07) is 4.84. The lowest BCUT2D eigenvalue weighted by molar-refractivity contribution is -0.149. The smallest absolute Gasteiger partial charge is 0.344 e. The van der Waals surface area contributed by atoms with Crippen LogP contribution in [0.1, 0.15) is 26.3 Å². The van der Waals surface area contributed by atoms with Gasteiger partial charge >= 0.3 is 11.9 Å². The lowest BCUT2D eigenvalue weighted by atomic mass is 10.2. The number of carbonyl (C=O) groups excluding carboxylic acids is 4. The molecule has 0 aromatic heterocycles. The molecule has 2 amide bonds. The minimum Gasteiger partial charge on any atom is -0.493 e. The normalized spacial score (nSPS) is 15.0. The number of benzene rings is 1.